The van der Waals surface area contributed by atoms with Crippen molar-refractivity contribution in [2.45, 2.75) is 46.2 Å². The van der Waals surface area contributed by atoms with Gasteiger partial charge in [-0.3, -0.25) is 9.88 Å². The molecule has 1 aliphatic carbocycles. The maximum atomic E-state index is 6.12. The van der Waals surface area contributed by atoms with E-state index in [-0.39, 0.29) is 0 Å². The molecule has 1 heterocycles. The number of hydrogen-bond acceptors (Lipinski definition) is 4. The lowest BCUT2D eigenvalue weighted by Gasteiger charge is -2.29. The number of hydrogen-bond donors (Lipinski definition) is 1. The Bertz CT molecular complexity index is 457. The summed E-state index contributed by atoms with van der Waals surface area (Å²) in [6, 6.07) is 0.592. The third-order valence-corrected chi connectivity index (χ3v) is 4.49. The lowest BCUT2D eigenvalue weighted by Crippen LogP contribution is -2.37. The lowest BCUT2D eigenvalue weighted by atomic mass is 10.1. The molecular weight excluding hydrogens is 250 g/mol. The first kappa shape index (κ1) is 15.3. The summed E-state index contributed by atoms with van der Waals surface area (Å²) in [5, 5.41) is 0. The Kier molecular flexibility index (Phi) is 5.00. The molecule has 1 aliphatic rings. The largest absolute Gasteiger partial charge is 0.398 e. The highest BCUT2D eigenvalue weighted by molar-refractivity contribution is 5.53. The predicted molar refractivity (Wildman–Crippen MR) is 82.6 cm³/mol. The first-order valence-electron chi connectivity index (χ1n) is 7.48. The van der Waals surface area contributed by atoms with E-state index in [2.05, 4.69) is 23.7 Å². The summed E-state index contributed by atoms with van der Waals surface area (Å²) in [6.07, 6.45) is 4.59. The highest BCUT2D eigenvalue weighted by atomic mass is 16.5. The van der Waals surface area contributed by atoms with E-state index < -0.39 is 0 Å². The Balaban J connectivity index is 2.12. The summed E-state index contributed by atoms with van der Waals surface area (Å²) in [5.74, 6) is 0.843. The molecule has 4 heteroatoms. The van der Waals surface area contributed by atoms with Gasteiger partial charge in [-0.05, 0) is 50.7 Å². The van der Waals surface area contributed by atoms with Crippen molar-refractivity contribution < 1.29 is 4.74 Å². The highest BCUT2D eigenvalue weighted by Gasteiger charge is 2.32. The van der Waals surface area contributed by atoms with Crippen LogP contribution in [0.25, 0.3) is 0 Å². The van der Waals surface area contributed by atoms with E-state index in [1.807, 2.05) is 13.1 Å². The van der Waals surface area contributed by atoms with Crippen molar-refractivity contribution in [3.05, 3.63) is 23.0 Å². The fourth-order valence-electron chi connectivity index (χ4n) is 2.66. The number of aryl methyl sites for hydroxylation is 1. The van der Waals surface area contributed by atoms with Crippen molar-refractivity contribution in [2.24, 2.45) is 5.92 Å². The molecule has 0 bridgehead atoms. The summed E-state index contributed by atoms with van der Waals surface area (Å²) in [7, 11) is 1.76. The molecule has 112 valence electrons. The van der Waals surface area contributed by atoms with Crippen LogP contribution in [-0.2, 0) is 11.3 Å². The normalized spacial score (nSPS) is 16.6. The standard InChI is InChI=1S/C16H27N3O/c1-11-9-18-15(12(2)16(11)17)10-19(7-8-20-4)13(3)14-5-6-14/h9,13-14H,5-8,10H2,1-4H3,(H2,17,18). The Morgan fingerprint density at radius 1 is 1.45 bits per heavy atom. The van der Waals surface area contributed by atoms with E-state index in [0.717, 1.165) is 48.1 Å². The topological polar surface area (TPSA) is 51.4 Å². The number of nitrogens with zero attached hydrogens (tertiary/aromatic N) is 2. The summed E-state index contributed by atoms with van der Waals surface area (Å²) in [6.45, 7) is 8.97. The molecule has 0 radical (unpaired) electrons. The molecule has 1 atom stereocenters. The van der Waals surface area contributed by atoms with Crippen molar-refractivity contribution in [3.8, 4) is 0 Å². The molecule has 1 fully saturated rings. The minimum Gasteiger partial charge on any atom is -0.398 e. The number of nitrogens with two attached hydrogens (primary N) is 1. The van der Waals surface area contributed by atoms with Crippen LogP contribution in [0.3, 0.4) is 0 Å². The van der Waals surface area contributed by atoms with Crippen LogP contribution in [0.1, 0.15) is 36.6 Å². The molecule has 2 rings (SSSR count). The summed E-state index contributed by atoms with van der Waals surface area (Å²) in [4.78, 5) is 7.06. The number of pyridine rings is 1. The van der Waals surface area contributed by atoms with Gasteiger partial charge in [0, 0.05) is 38.1 Å². The fraction of sp³-hybridized carbons (Fsp3) is 0.688. The van der Waals surface area contributed by atoms with Crippen molar-refractivity contribution in [3.63, 3.8) is 0 Å². The molecule has 4 nitrogen and oxygen atoms in total. The van der Waals surface area contributed by atoms with Crippen LogP contribution < -0.4 is 5.73 Å². The van der Waals surface area contributed by atoms with Crippen LogP contribution in [0.15, 0.2) is 6.20 Å². The van der Waals surface area contributed by atoms with Crippen LogP contribution in [-0.4, -0.2) is 36.2 Å². The molecule has 20 heavy (non-hydrogen) atoms. The molecule has 0 amide bonds. The predicted octanol–water partition coefficient (Wildman–Crippen LogP) is 2.53. The zero-order chi connectivity index (χ0) is 14.7. The van der Waals surface area contributed by atoms with Gasteiger partial charge >= 0.3 is 0 Å². The first-order chi connectivity index (χ1) is 9.54. The zero-order valence-electron chi connectivity index (χ0n) is 13.1. The first-order valence-corrected chi connectivity index (χ1v) is 7.48. The molecular formula is C16H27N3O. The molecule has 1 saturated carbocycles. The SMILES string of the molecule is COCCN(Cc1ncc(C)c(N)c1C)C(C)C1CC1. The highest BCUT2D eigenvalue weighted by Crippen LogP contribution is 2.35. The second kappa shape index (κ2) is 6.55. The molecule has 0 saturated heterocycles. The number of aromatic nitrogens is 1. The van der Waals surface area contributed by atoms with E-state index in [1.54, 1.807) is 7.11 Å². The van der Waals surface area contributed by atoms with Crippen LogP contribution in [0.5, 0.6) is 0 Å². The summed E-state index contributed by atoms with van der Waals surface area (Å²) < 4.78 is 5.25. The number of nitrogen functional groups attached to an aromatic ring is 1. The van der Waals surface area contributed by atoms with Gasteiger partial charge in [0.1, 0.15) is 0 Å². The number of methoxy groups -OCH3 is 1. The van der Waals surface area contributed by atoms with Crippen LogP contribution in [0, 0.1) is 19.8 Å². The Hall–Kier alpha value is -1.13. The Labute approximate surface area is 122 Å². The molecule has 2 N–H and O–H groups in total. The second-order valence-corrected chi connectivity index (χ2v) is 5.97. The van der Waals surface area contributed by atoms with E-state index in [4.69, 9.17) is 10.5 Å². The van der Waals surface area contributed by atoms with E-state index in [0.29, 0.717) is 6.04 Å². The smallest absolute Gasteiger partial charge is 0.0593 e. The van der Waals surface area contributed by atoms with Gasteiger partial charge in [-0.2, -0.15) is 0 Å². The molecule has 0 aromatic carbocycles. The van der Waals surface area contributed by atoms with Crippen molar-refractivity contribution in [1.29, 1.82) is 0 Å². The van der Waals surface area contributed by atoms with Crippen LogP contribution in [0.2, 0.25) is 0 Å². The third kappa shape index (κ3) is 3.49. The van der Waals surface area contributed by atoms with Gasteiger partial charge in [-0.15, -0.1) is 0 Å². The van der Waals surface area contributed by atoms with E-state index in [9.17, 15) is 0 Å². The minimum absolute atomic E-state index is 0.592. The van der Waals surface area contributed by atoms with Gasteiger partial charge in [0.25, 0.3) is 0 Å². The summed E-state index contributed by atoms with van der Waals surface area (Å²) in [5.41, 5.74) is 10.3. The monoisotopic (exact) mass is 277 g/mol. The lowest BCUT2D eigenvalue weighted by molar-refractivity contribution is 0.110. The molecule has 1 aromatic heterocycles. The van der Waals surface area contributed by atoms with Gasteiger partial charge in [-0.25, -0.2) is 0 Å². The maximum absolute atomic E-state index is 6.12. The number of anilines is 1. The van der Waals surface area contributed by atoms with E-state index >= 15 is 0 Å². The van der Waals surface area contributed by atoms with Crippen molar-refractivity contribution in [2.75, 3.05) is 26.0 Å². The minimum atomic E-state index is 0.592. The fourth-order valence-corrected chi connectivity index (χ4v) is 2.66. The molecule has 1 aromatic rings. The van der Waals surface area contributed by atoms with Crippen molar-refractivity contribution in [1.82, 2.24) is 9.88 Å². The average Bonchev–Trinajstić information content (AvgIpc) is 3.27. The Morgan fingerprint density at radius 2 is 2.15 bits per heavy atom. The quantitative estimate of drug-likeness (QED) is 0.832. The number of rotatable bonds is 7. The molecule has 0 spiro atoms. The van der Waals surface area contributed by atoms with Gasteiger partial charge in [0.15, 0.2) is 0 Å². The Morgan fingerprint density at radius 3 is 2.75 bits per heavy atom. The third-order valence-electron chi connectivity index (χ3n) is 4.49. The average molecular weight is 277 g/mol. The van der Waals surface area contributed by atoms with Crippen LogP contribution >= 0.6 is 0 Å². The number of ether oxygens (including phenoxy) is 1. The zero-order valence-corrected chi connectivity index (χ0v) is 13.1. The maximum Gasteiger partial charge on any atom is 0.0593 e. The van der Waals surface area contributed by atoms with Gasteiger partial charge in [-0.1, -0.05) is 0 Å². The van der Waals surface area contributed by atoms with Gasteiger partial charge in [0.05, 0.1) is 12.3 Å². The molecule has 1 unspecified atom stereocenters. The molecule has 0 aliphatic heterocycles. The van der Waals surface area contributed by atoms with E-state index in [1.165, 1.54) is 12.8 Å². The summed E-state index contributed by atoms with van der Waals surface area (Å²) >= 11 is 0. The van der Waals surface area contributed by atoms with Gasteiger partial charge in [0.2, 0.25) is 0 Å². The van der Waals surface area contributed by atoms with Gasteiger partial charge < -0.3 is 10.5 Å². The second-order valence-electron chi connectivity index (χ2n) is 5.97. The van der Waals surface area contributed by atoms with Crippen LogP contribution in [0.4, 0.5) is 5.69 Å². The van der Waals surface area contributed by atoms with Crippen molar-refractivity contribution >= 4 is 5.69 Å².